The number of aryl methyl sites for hydroxylation is 1. The fourth-order valence-corrected chi connectivity index (χ4v) is 2.21. The van der Waals surface area contributed by atoms with E-state index in [-0.39, 0.29) is 6.42 Å². The standard InChI is InChI=1S/C13H14N2O2S/c1-15-12(7-10(14-15)8-13(16)17)9-3-5-11(18-2)6-4-9/h3-7H,8H2,1-2H3,(H,16,17). The monoisotopic (exact) mass is 262 g/mol. The van der Waals surface area contributed by atoms with Crippen LogP contribution in [0.5, 0.6) is 0 Å². The number of hydrogen-bond donors (Lipinski definition) is 1. The maximum Gasteiger partial charge on any atom is 0.309 e. The second kappa shape index (κ2) is 5.27. The maximum atomic E-state index is 10.7. The molecule has 1 aromatic heterocycles. The minimum Gasteiger partial charge on any atom is -0.481 e. The molecule has 0 aliphatic carbocycles. The Morgan fingerprint density at radius 2 is 2.06 bits per heavy atom. The van der Waals surface area contributed by atoms with Crippen LogP contribution in [0.25, 0.3) is 11.3 Å². The van der Waals surface area contributed by atoms with E-state index < -0.39 is 5.97 Å². The fraction of sp³-hybridized carbons (Fsp3) is 0.231. The molecule has 5 heteroatoms. The van der Waals surface area contributed by atoms with Gasteiger partial charge in [-0.1, -0.05) is 12.1 Å². The SMILES string of the molecule is CSc1ccc(-c2cc(CC(=O)O)nn2C)cc1. The highest BCUT2D eigenvalue weighted by molar-refractivity contribution is 7.98. The zero-order valence-corrected chi connectivity index (χ0v) is 11.1. The molecule has 0 aliphatic rings. The van der Waals surface area contributed by atoms with E-state index in [1.165, 1.54) is 4.90 Å². The average Bonchev–Trinajstić information content (AvgIpc) is 2.69. The summed E-state index contributed by atoms with van der Waals surface area (Å²) in [5.41, 5.74) is 2.55. The number of aliphatic carboxylic acids is 1. The summed E-state index contributed by atoms with van der Waals surface area (Å²) in [4.78, 5) is 11.9. The van der Waals surface area contributed by atoms with Crippen molar-refractivity contribution in [2.75, 3.05) is 6.26 Å². The fourth-order valence-electron chi connectivity index (χ4n) is 1.80. The molecule has 0 saturated carbocycles. The Labute approximate surface area is 110 Å². The van der Waals surface area contributed by atoms with Gasteiger partial charge < -0.3 is 5.11 Å². The molecule has 18 heavy (non-hydrogen) atoms. The van der Waals surface area contributed by atoms with Crippen molar-refractivity contribution in [2.24, 2.45) is 7.05 Å². The molecule has 0 unspecified atom stereocenters. The highest BCUT2D eigenvalue weighted by atomic mass is 32.2. The Kier molecular flexibility index (Phi) is 3.72. The minimum absolute atomic E-state index is 0.0449. The summed E-state index contributed by atoms with van der Waals surface area (Å²) >= 11 is 1.69. The molecule has 2 rings (SSSR count). The van der Waals surface area contributed by atoms with Gasteiger partial charge in [0.15, 0.2) is 0 Å². The Bertz CT molecular complexity index is 561. The molecule has 1 N–H and O–H groups in total. The number of hydrogen-bond acceptors (Lipinski definition) is 3. The van der Waals surface area contributed by atoms with Crippen molar-refractivity contribution in [3.8, 4) is 11.3 Å². The van der Waals surface area contributed by atoms with Gasteiger partial charge in [-0.15, -0.1) is 11.8 Å². The van der Waals surface area contributed by atoms with Gasteiger partial charge in [-0.3, -0.25) is 9.48 Å². The van der Waals surface area contributed by atoms with Crippen molar-refractivity contribution in [3.63, 3.8) is 0 Å². The van der Waals surface area contributed by atoms with Crippen molar-refractivity contribution in [3.05, 3.63) is 36.0 Å². The van der Waals surface area contributed by atoms with Crippen LogP contribution in [0, 0.1) is 0 Å². The van der Waals surface area contributed by atoms with Gasteiger partial charge in [0.25, 0.3) is 0 Å². The lowest BCUT2D eigenvalue weighted by Crippen LogP contribution is -2.01. The van der Waals surface area contributed by atoms with E-state index >= 15 is 0 Å². The lowest BCUT2D eigenvalue weighted by molar-refractivity contribution is -0.136. The Hall–Kier alpha value is -1.75. The summed E-state index contributed by atoms with van der Waals surface area (Å²) in [6, 6.07) is 9.96. The van der Waals surface area contributed by atoms with E-state index in [2.05, 4.69) is 5.10 Å². The summed E-state index contributed by atoms with van der Waals surface area (Å²) in [6.07, 6.45) is 1.99. The Morgan fingerprint density at radius 3 is 2.61 bits per heavy atom. The van der Waals surface area contributed by atoms with E-state index in [9.17, 15) is 4.79 Å². The van der Waals surface area contributed by atoms with Gasteiger partial charge in [0.05, 0.1) is 17.8 Å². The largest absolute Gasteiger partial charge is 0.481 e. The van der Waals surface area contributed by atoms with Gasteiger partial charge in [-0.2, -0.15) is 5.10 Å². The first kappa shape index (κ1) is 12.7. The minimum atomic E-state index is -0.864. The first-order valence-electron chi connectivity index (χ1n) is 5.49. The predicted molar refractivity (Wildman–Crippen MR) is 71.8 cm³/mol. The molecule has 0 atom stereocenters. The van der Waals surface area contributed by atoms with Crippen molar-refractivity contribution >= 4 is 17.7 Å². The van der Waals surface area contributed by atoms with E-state index in [0.717, 1.165) is 11.3 Å². The van der Waals surface area contributed by atoms with Crippen LogP contribution in [-0.4, -0.2) is 27.1 Å². The van der Waals surface area contributed by atoms with Crippen LogP contribution in [0.3, 0.4) is 0 Å². The van der Waals surface area contributed by atoms with E-state index in [1.54, 1.807) is 16.4 Å². The molecule has 94 valence electrons. The number of carboxylic acids is 1. The quantitative estimate of drug-likeness (QED) is 0.860. The third-order valence-electron chi connectivity index (χ3n) is 2.65. The molecule has 2 aromatic rings. The molecular weight excluding hydrogens is 248 g/mol. The van der Waals surface area contributed by atoms with Crippen LogP contribution < -0.4 is 0 Å². The summed E-state index contributed by atoms with van der Waals surface area (Å²) < 4.78 is 1.71. The maximum absolute atomic E-state index is 10.7. The number of nitrogens with zero attached hydrogens (tertiary/aromatic N) is 2. The van der Waals surface area contributed by atoms with Crippen molar-refractivity contribution in [1.29, 1.82) is 0 Å². The number of aromatic nitrogens is 2. The van der Waals surface area contributed by atoms with Crippen LogP contribution in [0.15, 0.2) is 35.2 Å². The summed E-state index contributed by atoms with van der Waals surface area (Å²) in [6.45, 7) is 0. The van der Waals surface area contributed by atoms with Gasteiger partial charge in [-0.05, 0) is 30.0 Å². The third kappa shape index (κ3) is 2.73. The first-order chi connectivity index (χ1) is 8.60. The number of thioether (sulfide) groups is 1. The number of benzene rings is 1. The van der Waals surface area contributed by atoms with Crippen molar-refractivity contribution < 1.29 is 9.90 Å². The molecule has 0 bridgehead atoms. The molecule has 0 aliphatic heterocycles. The molecule has 4 nitrogen and oxygen atoms in total. The molecule has 0 saturated heterocycles. The van der Waals surface area contributed by atoms with Gasteiger partial charge in [0.1, 0.15) is 0 Å². The number of rotatable bonds is 4. The highest BCUT2D eigenvalue weighted by Crippen LogP contribution is 2.23. The Morgan fingerprint density at radius 1 is 1.39 bits per heavy atom. The normalized spacial score (nSPS) is 10.6. The predicted octanol–water partition coefficient (Wildman–Crippen LogP) is 2.44. The third-order valence-corrected chi connectivity index (χ3v) is 3.39. The lowest BCUT2D eigenvalue weighted by atomic mass is 10.1. The average molecular weight is 262 g/mol. The van der Waals surface area contributed by atoms with Crippen molar-refractivity contribution in [1.82, 2.24) is 9.78 Å². The second-order valence-corrected chi connectivity index (χ2v) is 4.82. The van der Waals surface area contributed by atoms with Gasteiger partial charge in [0.2, 0.25) is 0 Å². The molecule has 1 heterocycles. The summed E-state index contributed by atoms with van der Waals surface area (Å²) in [5, 5.41) is 13.0. The molecule has 0 fully saturated rings. The molecule has 0 amide bonds. The summed E-state index contributed by atoms with van der Waals surface area (Å²) in [7, 11) is 1.82. The van der Waals surface area contributed by atoms with Crippen LogP contribution in [-0.2, 0) is 18.3 Å². The number of carboxylic acid groups (broad SMARTS) is 1. The van der Waals surface area contributed by atoms with Crippen LogP contribution >= 0.6 is 11.8 Å². The zero-order valence-electron chi connectivity index (χ0n) is 10.3. The van der Waals surface area contributed by atoms with E-state index in [0.29, 0.717) is 5.69 Å². The molecule has 0 radical (unpaired) electrons. The zero-order chi connectivity index (χ0) is 13.1. The summed E-state index contributed by atoms with van der Waals surface area (Å²) in [5.74, 6) is -0.864. The van der Waals surface area contributed by atoms with Crippen LogP contribution in [0.2, 0.25) is 0 Å². The second-order valence-electron chi connectivity index (χ2n) is 3.94. The van der Waals surface area contributed by atoms with Crippen LogP contribution in [0.1, 0.15) is 5.69 Å². The molecule has 1 aromatic carbocycles. The first-order valence-corrected chi connectivity index (χ1v) is 6.72. The van der Waals surface area contributed by atoms with Gasteiger partial charge in [0, 0.05) is 11.9 Å². The van der Waals surface area contributed by atoms with Crippen molar-refractivity contribution in [2.45, 2.75) is 11.3 Å². The highest BCUT2D eigenvalue weighted by Gasteiger charge is 2.10. The Balaban J connectivity index is 2.31. The topological polar surface area (TPSA) is 55.1 Å². The van der Waals surface area contributed by atoms with Crippen LogP contribution in [0.4, 0.5) is 0 Å². The molecular formula is C13H14N2O2S. The van der Waals surface area contributed by atoms with Gasteiger partial charge >= 0.3 is 5.97 Å². The smallest absolute Gasteiger partial charge is 0.309 e. The molecule has 0 spiro atoms. The van der Waals surface area contributed by atoms with E-state index in [1.807, 2.05) is 43.6 Å². The number of carbonyl (C=O) groups is 1. The van der Waals surface area contributed by atoms with E-state index in [4.69, 9.17) is 5.11 Å². The van der Waals surface area contributed by atoms with Gasteiger partial charge in [-0.25, -0.2) is 0 Å². The lowest BCUT2D eigenvalue weighted by Gasteiger charge is -2.02.